The third-order valence-corrected chi connectivity index (χ3v) is 1.72. The van der Waals surface area contributed by atoms with E-state index in [9.17, 15) is 10.0 Å². The third kappa shape index (κ3) is 1.96. The molecule has 1 heterocycles. The molecule has 0 aliphatic heterocycles. The predicted octanol–water partition coefficient (Wildman–Crippen LogP) is 0.697. The van der Waals surface area contributed by atoms with Crippen molar-refractivity contribution < 1.29 is 19.5 Å². The number of aromatic nitrogens is 1. The van der Waals surface area contributed by atoms with Gasteiger partial charge in [0, 0.05) is 17.7 Å². The van der Waals surface area contributed by atoms with Gasteiger partial charge >= 0.3 is 5.97 Å². The molecule has 0 spiro atoms. The van der Waals surface area contributed by atoms with E-state index >= 15 is 0 Å². The summed E-state index contributed by atoms with van der Waals surface area (Å²) in [5.41, 5.74) is 0.854. The van der Waals surface area contributed by atoms with Crippen molar-refractivity contribution in [1.82, 2.24) is 0 Å². The standard InChI is InChI=1S/C9H12NO3/c1-3-13-9(11)8-5-4-6-10(12)7(8)2/h4-6,12H,3H2,1-2H3/q+1. The first-order valence-corrected chi connectivity index (χ1v) is 4.04. The Balaban J connectivity index is 3.01. The fourth-order valence-electron chi connectivity index (χ4n) is 1.00. The molecular formula is C9H12NO3+. The lowest BCUT2D eigenvalue weighted by atomic mass is 10.2. The van der Waals surface area contributed by atoms with E-state index in [0.29, 0.717) is 17.9 Å². The van der Waals surface area contributed by atoms with Gasteiger partial charge in [-0.15, -0.1) is 0 Å². The van der Waals surface area contributed by atoms with Crippen molar-refractivity contribution in [3.05, 3.63) is 29.6 Å². The van der Waals surface area contributed by atoms with E-state index < -0.39 is 5.97 Å². The van der Waals surface area contributed by atoms with Gasteiger partial charge in [0.1, 0.15) is 5.56 Å². The van der Waals surface area contributed by atoms with Crippen LogP contribution in [0, 0.1) is 6.92 Å². The smallest absolute Gasteiger partial charge is 0.344 e. The Bertz CT molecular complexity index is 323. The number of pyridine rings is 1. The predicted molar refractivity (Wildman–Crippen MR) is 44.5 cm³/mol. The zero-order valence-corrected chi connectivity index (χ0v) is 7.65. The maximum Gasteiger partial charge on any atom is 0.344 e. The highest BCUT2D eigenvalue weighted by molar-refractivity contribution is 5.90. The van der Waals surface area contributed by atoms with Gasteiger partial charge in [-0.25, -0.2) is 4.79 Å². The number of esters is 1. The van der Waals surface area contributed by atoms with Gasteiger partial charge < -0.3 is 4.74 Å². The Morgan fingerprint density at radius 1 is 1.69 bits per heavy atom. The van der Waals surface area contributed by atoms with Crippen LogP contribution in [0.1, 0.15) is 23.0 Å². The van der Waals surface area contributed by atoms with Crippen LogP contribution in [0.5, 0.6) is 0 Å². The molecule has 1 rings (SSSR count). The molecule has 0 amide bonds. The molecule has 0 fully saturated rings. The number of ether oxygens (including phenoxy) is 1. The molecule has 13 heavy (non-hydrogen) atoms. The van der Waals surface area contributed by atoms with E-state index in [1.807, 2.05) is 0 Å². The van der Waals surface area contributed by atoms with Gasteiger partial charge in [-0.2, -0.15) is 0 Å². The van der Waals surface area contributed by atoms with Crippen molar-refractivity contribution in [3.8, 4) is 0 Å². The highest BCUT2D eigenvalue weighted by Gasteiger charge is 2.17. The molecule has 1 aromatic rings. The first-order valence-electron chi connectivity index (χ1n) is 4.04. The number of rotatable bonds is 2. The van der Waals surface area contributed by atoms with Crippen LogP contribution in [0.15, 0.2) is 18.3 Å². The summed E-state index contributed by atoms with van der Waals surface area (Å²) in [6.07, 6.45) is 1.46. The van der Waals surface area contributed by atoms with Crippen LogP contribution in [0.4, 0.5) is 0 Å². The van der Waals surface area contributed by atoms with Gasteiger partial charge in [0.15, 0.2) is 0 Å². The third-order valence-electron chi connectivity index (χ3n) is 1.72. The van der Waals surface area contributed by atoms with Crippen molar-refractivity contribution in [3.63, 3.8) is 0 Å². The van der Waals surface area contributed by atoms with Gasteiger partial charge in [-0.3, -0.25) is 5.21 Å². The van der Waals surface area contributed by atoms with Crippen LogP contribution in [-0.2, 0) is 4.74 Å². The topological polar surface area (TPSA) is 50.4 Å². The minimum Gasteiger partial charge on any atom is -0.462 e. The molecular weight excluding hydrogens is 170 g/mol. The summed E-state index contributed by atoms with van der Waals surface area (Å²) in [6.45, 7) is 3.72. The minimum atomic E-state index is -0.414. The zero-order valence-electron chi connectivity index (χ0n) is 7.65. The molecule has 0 saturated heterocycles. The molecule has 4 heteroatoms. The maximum absolute atomic E-state index is 11.3. The Hall–Kier alpha value is -1.58. The Labute approximate surface area is 76.3 Å². The molecule has 4 nitrogen and oxygen atoms in total. The minimum absolute atomic E-state index is 0.332. The maximum atomic E-state index is 11.3. The summed E-state index contributed by atoms with van der Waals surface area (Å²) >= 11 is 0. The number of nitrogens with zero attached hydrogens (tertiary/aromatic N) is 1. The second-order valence-corrected chi connectivity index (χ2v) is 2.57. The molecule has 0 atom stereocenters. The van der Waals surface area contributed by atoms with Crippen LogP contribution < -0.4 is 4.73 Å². The quantitative estimate of drug-likeness (QED) is 0.416. The Kier molecular flexibility index (Phi) is 2.84. The number of hydrogen-bond acceptors (Lipinski definition) is 3. The summed E-state index contributed by atoms with van der Waals surface area (Å²) in [7, 11) is 0. The molecule has 0 aliphatic rings. The molecule has 0 radical (unpaired) electrons. The SMILES string of the molecule is CCOC(=O)c1ccc[n+](O)c1C. The van der Waals surface area contributed by atoms with Crippen LogP contribution >= 0.6 is 0 Å². The van der Waals surface area contributed by atoms with Gasteiger partial charge in [-0.05, 0) is 13.0 Å². The van der Waals surface area contributed by atoms with Gasteiger partial charge in [-0.1, -0.05) is 0 Å². The highest BCUT2D eigenvalue weighted by Crippen LogP contribution is 2.03. The van der Waals surface area contributed by atoms with Crippen LogP contribution in [0.3, 0.4) is 0 Å². The van der Waals surface area contributed by atoms with Gasteiger partial charge in [0.25, 0.3) is 0 Å². The molecule has 0 aliphatic carbocycles. The Morgan fingerprint density at radius 3 is 3.00 bits per heavy atom. The zero-order chi connectivity index (χ0) is 9.84. The van der Waals surface area contributed by atoms with E-state index in [2.05, 4.69) is 0 Å². The monoisotopic (exact) mass is 182 g/mol. The summed E-state index contributed by atoms with van der Waals surface area (Å²) in [4.78, 5) is 11.3. The number of carbonyl (C=O) groups excluding carboxylic acids is 1. The number of hydrogen-bond donors (Lipinski definition) is 1. The van der Waals surface area contributed by atoms with E-state index in [0.717, 1.165) is 4.73 Å². The molecule has 0 saturated carbocycles. The first-order chi connectivity index (χ1) is 6.16. The molecule has 0 unspecified atom stereocenters. The van der Waals surface area contributed by atoms with Gasteiger partial charge in [0.05, 0.1) is 6.61 Å². The number of carbonyl (C=O) groups is 1. The second kappa shape index (κ2) is 3.89. The van der Waals surface area contributed by atoms with Crippen molar-refractivity contribution in [2.45, 2.75) is 13.8 Å². The average molecular weight is 182 g/mol. The Morgan fingerprint density at radius 2 is 2.38 bits per heavy atom. The average Bonchev–Trinajstić information content (AvgIpc) is 2.10. The van der Waals surface area contributed by atoms with Gasteiger partial charge in [0.2, 0.25) is 11.9 Å². The van der Waals surface area contributed by atoms with Crippen molar-refractivity contribution in [2.24, 2.45) is 0 Å². The lowest BCUT2D eigenvalue weighted by molar-refractivity contribution is -0.908. The lowest BCUT2D eigenvalue weighted by Gasteiger charge is -2.00. The van der Waals surface area contributed by atoms with E-state index in [4.69, 9.17) is 4.74 Å². The normalized spacial score (nSPS) is 9.69. The summed E-state index contributed by atoms with van der Waals surface area (Å²) in [6, 6.07) is 3.19. The molecule has 0 aromatic carbocycles. The fraction of sp³-hybridized carbons (Fsp3) is 0.333. The largest absolute Gasteiger partial charge is 0.462 e. The summed E-state index contributed by atoms with van der Waals surface area (Å²) in [5.74, 6) is -0.414. The molecule has 70 valence electrons. The first kappa shape index (κ1) is 9.51. The van der Waals surface area contributed by atoms with Crippen molar-refractivity contribution in [1.29, 1.82) is 0 Å². The van der Waals surface area contributed by atoms with Crippen LogP contribution in [0.25, 0.3) is 0 Å². The molecule has 0 bridgehead atoms. The summed E-state index contributed by atoms with van der Waals surface area (Å²) < 4.78 is 5.70. The summed E-state index contributed by atoms with van der Waals surface area (Å²) in [5, 5.41) is 9.23. The van der Waals surface area contributed by atoms with Crippen molar-refractivity contribution in [2.75, 3.05) is 6.61 Å². The molecule has 1 N–H and O–H groups in total. The second-order valence-electron chi connectivity index (χ2n) is 2.57. The highest BCUT2D eigenvalue weighted by atomic mass is 16.5. The van der Waals surface area contributed by atoms with Crippen LogP contribution in [0.2, 0.25) is 0 Å². The fourth-order valence-corrected chi connectivity index (χ4v) is 1.00. The van der Waals surface area contributed by atoms with E-state index in [1.165, 1.54) is 6.20 Å². The van der Waals surface area contributed by atoms with E-state index in [-0.39, 0.29) is 0 Å². The molecule has 1 aromatic heterocycles. The lowest BCUT2D eigenvalue weighted by Crippen LogP contribution is -2.35. The van der Waals surface area contributed by atoms with Crippen LogP contribution in [-0.4, -0.2) is 17.8 Å². The van der Waals surface area contributed by atoms with E-state index in [1.54, 1.807) is 26.0 Å². The van der Waals surface area contributed by atoms with Crippen molar-refractivity contribution >= 4 is 5.97 Å².